The maximum atomic E-state index is 11.9. The lowest BCUT2D eigenvalue weighted by Gasteiger charge is -2.32. The van der Waals surface area contributed by atoms with Gasteiger partial charge in [0.25, 0.3) is 0 Å². The van der Waals surface area contributed by atoms with E-state index in [0.29, 0.717) is 19.5 Å². The zero-order valence-corrected chi connectivity index (χ0v) is 13.9. The second-order valence-corrected chi connectivity index (χ2v) is 7.07. The highest BCUT2D eigenvalue weighted by Crippen LogP contribution is 2.21. The number of hydrogen-bond acceptors (Lipinski definition) is 3. The molecule has 0 bridgehead atoms. The molecule has 0 aromatic carbocycles. The van der Waals surface area contributed by atoms with E-state index < -0.39 is 0 Å². The van der Waals surface area contributed by atoms with Gasteiger partial charge in [-0.2, -0.15) is 0 Å². The van der Waals surface area contributed by atoms with E-state index >= 15 is 0 Å². The van der Waals surface area contributed by atoms with Gasteiger partial charge in [0.1, 0.15) is 6.61 Å². The lowest BCUT2D eigenvalue weighted by molar-refractivity contribution is -0.136. The molecular formula is C16H30N2O3. The molecule has 0 atom stereocenters. The number of piperidine rings is 1. The summed E-state index contributed by atoms with van der Waals surface area (Å²) in [6, 6.07) is 0.207. The van der Waals surface area contributed by atoms with E-state index in [1.807, 2.05) is 4.90 Å². The fourth-order valence-electron chi connectivity index (χ4n) is 2.57. The van der Waals surface area contributed by atoms with Gasteiger partial charge < -0.3 is 15.0 Å². The number of likely N-dealkylation sites (tertiary alicyclic amines) is 1. The van der Waals surface area contributed by atoms with E-state index in [4.69, 9.17) is 4.74 Å². The highest BCUT2D eigenvalue weighted by molar-refractivity contribution is 5.78. The molecule has 1 aliphatic rings. The van der Waals surface area contributed by atoms with Gasteiger partial charge in [-0.1, -0.05) is 20.8 Å². The molecule has 21 heavy (non-hydrogen) atoms. The molecule has 1 rings (SSSR count). The van der Waals surface area contributed by atoms with E-state index in [-0.39, 0.29) is 29.9 Å². The van der Waals surface area contributed by atoms with Crippen molar-refractivity contribution in [2.24, 2.45) is 5.41 Å². The lowest BCUT2D eigenvalue weighted by atomic mass is 9.90. The number of carbonyl (C=O) groups excluding carboxylic acids is 2. The first kappa shape index (κ1) is 18.0. The molecule has 5 nitrogen and oxygen atoms in total. The van der Waals surface area contributed by atoms with Crippen LogP contribution in [-0.2, 0) is 14.3 Å². The third kappa shape index (κ3) is 7.46. The van der Waals surface area contributed by atoms with Crippen LogP contribution >= 0.6 is 0 Å². The summed E-state index contributed by atoms with van der Waals surface area (Å²) in [6.07, 6.45) is 4.26. The third-order valence-corrected chi connectivity index (χ3v) is 3.81. The average molecular weight is 298 g/mol. The molecule has 5 heteroatoms. The highest BCUT2D eigenvalue weighted by atomic mass is 16.5. The molecule has 0 aliphatic carbocycles. The number of nitrogens with zero attached hydrogens (tertiary/aromatic N) is 1. The summed E-state index contributed by atoms with van der Waals surface area (Å²) in [5.41, 5.74) is 0.285. The van der Waals surface area contributed by atoms with Gasteiger partial charge in [-0.05, 0) is 31.1 Å². The number of nitrogens with one attached hydrogen (secondary N) is 1. The van der Waals surface area contributed by atoms with Crippen molar-refractivity contribution in [2.75, 3.05) is 26.8 Å². The summed E-state index contributed by atoms with van der Waals surface area (Å²) in [7, 11) is 1.53. The number of carbonyl (C=O) groups is 2. The normalized spacial score (nSPS) is 16.9. The van der Waals surface area contributed by atoms with Gasteiger partial charge in [-0.3, -0.25) is 9.59 Å². The summed E-state index contributed by atoms with van der Waals surface area (Å²) in [5.74, 6) is 0.174. The Bertz CT molecular complexity index is 342. The Labute approximate surface area is 128 Å². The summed E-state index contributed by atoms with van der Waals surface area (Å²) in [4.78, 5) is 25.4. The van der Waals surface area contributed by atoms with Crippen molar-refractivity contribution < 1.29 is 14.3 Å². The van der Waals surface area contributed by atoms with Crippen molar-refractivity contribution in [1.29, 1.82) is 0 Å². The molecule has 0 spiro atoms. The Kier molecular flexibility index (Phi) is 7.15. The van der Waals surface area contributed by atoms with Crippen LogP contribution < -0.4 is 5.32 Å². The van der Waals surface area contributed by atoms with Gasteiger partial charge in [-0.15, -0.1) is 0 Å². The second kappa shape index (κ2) is 8.37. The smallest absolute Gasteiger partial charge is 0.248 e. The van der Waals surface area contributed by atoms with Crippen LogP contribution in [0, 0.1) is 5.41 Å². The Morgan fingerprint density at radius 1 is 1.24 bits per heavy atom. The van der Waals surface area contributed by atoms with Crippen LogP contribution in [0.2, 0.25) is 0 Å². The molecule has 0 aromatic rings. The fourth-order valence-corrected chi connectivity index (χ4v) is 2.57. The number of amides is 2. The highest BCUT2D eigenvalue weighted by Gasteiger charge is 2.23. The minimum absolute atomic E-state index is 0.0347. The van der Waals surface area contributed by atoms with Gasteiger partial charge in [0, 0.05) is 32.7 Å². The van der Waals surface area contributed by atoms with Gasteiger partial charge in [0.15, 0.2) is 0 Å². The predicted molar refractivity (Wildman–Crippen MR) is 82.9 cm³/mol. The standard InChI is InChI=1S/C16H30N2O3/c1-16(2,3)9-5-6-14(19)17-13-7-10-18(11-8-13)15(20)12-21-4/h13H,5-12H2,1-4H3,(H,17,19). The SMILES string of the molecule is COCC(=O)N1CCC(NC(=O)CCCC(C)(C)C)CC1. The largest absolute Gasteiger partial charge is 0.375 e. The average Bonchev–Trinajstić information content (AvgIpc) is 2.38. The Balaban J connectivity index is 2.20. The summed E-state index contributed by atoms with van der Waals surface area (Å²) >= 11 is 0. The quantitative estimate of drug-likeness (QED) is 0.815. The topological polar surface area (TPSA) is 58.6 Å². The van der Waals surface area contributed by atoms with E-state index in [9.17, 15) is 9.59 Å². The maximum Gasteiger partial charge on any atom is 0.248 e. The zero-order chi connectivity index (χ0) is 15.9. The van der Waals surface area contributed by atoms with Crippen LogP contribution in [0.4, 0.5) is 0 Å². The number of hydrogen-bond donors (Lipinski definition) is 1. The molecule has 122 valence electrons. The molecule has 0 saturated carbocycles. The maximum absolute atomic E-state index is 11.9. The van der Waals surface area contributed by atoms with Gasteiger partial charge >= 0.3 is 0 Å². The van der Waals surface area contributed by atoms with Crippen molar-refractivity contribution in [2.45, 2.75) is 58.9 Å². The molecule has 1 N–H and O–H groups in total. The molecular weight excluding hydrogens is 268 g/mol. The Morgan fingerprint density at radius 2 is 1.86 bits per heavy atom. The summed E-state index contributed by atoms with van der Waals surface area (Å²) in [6.45, 7) is 8.13. The zero-order valence-electron chi connectivity index (χ0n) is 13.9. The molecule has 0 radical (unpaired) electrons. The van der Waals surface area contributed by atoms with Crippen molar-refractivity contribution in [1.82, 2.24) is 10.2 Å². The number of rotatable bonds is 6. The van der Waals surface area contributed by atoms with Crippen molar-refractivity contribution in [3.8, 4) is 0 Å². The Morgan fingerprint density at radius 3 is 2.38 bits per heavy atom. The van der Waals surface area contributed by atoms with Gasteiger partial charge in [0.2, 0.25) is 11.8 Å². The van der Waals surface area contributed by atoms with Crippen LogP contribution in [0.25, 0.3) is 0 Å². The van der Waals surface area contributed by atoms with Crippen LogP contribution in [-0.4, -0.2) is 49.6 Å². The fraction of sp³-hybridized carbons (Fsp3) is 0.875. The molecule has 0 aromatic heterocycles. The van der Waals surface area contributed by atoms with E-state index in [0.717, 1.165) is 25.7 Å². The summed E-state index contributed by atoms with van der Waals surface area (Å²) in [5, 5.41) is 3.09. The molecule has 1 fully saturated rings. The number of methoxy groups -OCH3 is 1. The number of ether oxygens (including phenoxy) is 1. The first-order valence-corrected chi connectivity index (χ1v) is 7.88. The minimum Gasteiger partial charge on any atom is -0.375 e. The van der Waals surface area contributed by atoms with Gasteiger partial charge in [-0.25, -0.2) is 0 Å². The van der Waals surface area contributed by atoms with Crippen LogP contribution in [0.1, 0.15) is 52.9 Å². The van der Waals surface area contributed by atoms with Crippen LogP contribution in [0.5, 0.6) is 0 Å². The first-order valence-electron chi connectivity index (χ1n) is 7.88. The molecule has 0 unspecified atom stereocenters. The molecule has 1 heterocycles. The molecule has 1 aliphatic heterocycles. The lowest BCUT2D eigenvalue weighted by Crippen LogP contribution is -2.47. The van der Waals surface area contributed by atoms with E-state index in [1.54, 1.807) is 0 Å². The van der Waals surface area contributed by atoms with Crippen LogP contribution in [0.15, 0.2) is 0 Å². The third-order valence-electron chi connectivity index (χ3n) is 3.81. The summed E-state index contributed by atoms with van der Waals surface area (Å²) < 4.78 is 4.86. The van der Waals surface area contributed by atoms with Crippen molar-refractivity contribution in [3.05, 3.63) is 0 Å². The first-order chi connectivity index (χ1) is 9.81. The second-order valence-electron chi connectivity index (χ2n) is 7.07. The van der Waals surface area contributed by atoms with Crippen LogP contribution in [0.3, 0.4) is 0 Å². The van der Waals surface area contributed by atoms with E-state index in [1.165, 1.54) is 7.11 Å². The van der Waals surface area contributed by atoms with E-state index in [2.05, 4.69) is 26.1 Å². The Hall–Kier alpha value is -1.10. The monoisotopic (exact) mass is 298 g/mol. The van der Waals surface area contributed by atoms with Gasteiger partial charge in [0.05, 0.1) is 0 Å². The molecule has 2 amide bonds. The van der Waals surface area contributed by atoms with Crippen molar-refractivity contribution >= 4 is 11.8 Å². The molecule has 1 saturated heterocycles. The predicted octanol–water partition coefficient (Wildman–Crippen LogP) is 1.96. The van der Waals surface area contributed by atoms with Crippen molar-refractivity contribution in [3.63, 3.8) is 0 Å². The minimum atomic E-state index is 0.0347.